The fourth-order valence-electron chi connectivity index (χ4n) is 1.51. The summed E-state index contributed by atoms with van der Waals surface area (Å²) in [4.78, 5) is 22.0. The van der Waals surface area contributed by atoms with Crippen LogP contribution in [0.4, 0.5) is 70.2 Å². The smallest absolute Gasteiger partial charge is 0.381 e. The minimum Gasteiger partial charge on any atom is -0.459 e. The highest BCUT2D eigenvalue weighted by atomic mass is 19.4. The summed E-state index contributed by atoms with van der Waals surface area (Å²) in [5, 5.41) is 0. The maximum atomic E-state index is 13.1. The van der Waals surface area contributed by atoms with Gasteiger partial charge in [-0.2, -0.15) is 52.7 Å². The zero-order chi connectivity index (χ0) is 26.8. The van der Waals surface area contributed by atoms with Crippen LogP contribution in [-0.2, 0) is 19.1 Å². The summed E-state index contributed by atoms with van der Waals surface area (Å²) < 4.78 is 208. The number of carbonyl (C=O) groups is 2. The first-order chi connectivity index (χ1) is 14.4. The van der Waals surface area contributed by atoms with Crippen molar-refractivity contribution in [1.82, 2.24) is 0 Å². The zero-order valence-corrected chi connectivity index (χ0v) is 15.0. The molecule has 0 unspecified atom stereocenters. The van der Waals surface area contributed by atoms with Crippen LogP contribution in [0.15, 0.2) is 0 Å². The summed E-state index contributed by atoms with van der Waals surface area (Å²) in [6, 6.07) is 0. The Morgan fingerprint density at radius 3 is 1.00 bits per heavy atom. The lowest BCUT2D eigenvalue weighted by Crippen LogP contribution is -2.59. The fourth-order valence-corrected chi connectivity index (χ4v) is 1.51. The SMILES string of the molecule is O=C(CC(=O)OCC(F)(F)C(F)(F)C(F)(F)C(F)F)OCC(F)(F)C(F)(F)C(F)(F)C(F)F. The molecule has 0 aliphatic heterocycles. The number of alkyl halides is 16. The summed E-state index contributed by atoms with van der Waals surface area (Å²) >= 11 is 0. The van der Waals surface area contributed by atoms with Crippen molar-refractivity contribution in [2.75, 3.05) is 13.2 Å². The van der Waals surface area contributed by atoms with E-state index in [0.29, 0.717) is 0 Å². The molecule has 0 aromatic heterocycles. The van der Waals surface area contributed by atoms with Crippen LogP contribution in [0.25, 0.3) is 0 Å². The van der Waals surface area contributed by atoms with Crippen molar-refractivity contribution in [2.45, 2.75) is 54.8 Å². The molecule has 0 rings (SSSR count). The fraction of sp³-hybridized carbons (Fsp3) is 0.846. The first-order valence-electron chi connectivity index (χ1n) is 7.53. The maximum absolute atomic E-state index is 13.1. The minimum atomic E-state index is -6.82. The van der Waals surface area contributed by atoms with Crippen LogP contribution >= 0.6 is 0 Å². The van der Waals surface area contributed by atoms with E-state index in [0.717, 1.165) is 0 Å². The molecule has 33 heavy (non-hydrogen) atoms. The second-order valence-electron chi connectivity index (χ2n) is 5.90. The molecule has 0 saturated carbocycles. The van der Waals surface area contributed by atoms with E-state index in [1.54, 1.807) is 0 Å². The Hall–Kier alpha value is -2.18. The van der Waals surface area contributed by atoms with Crippen molar-refractivity contribution in [2.24, 2.45) is 0 Å². The van der Waals surface area contributed by atoms with Gasteiger partial charge in [0.25, 0.3) is 0 Å². The molecule has 0 aliphatic carbocycles. The largest absolute Gasteiger partial charge is 0.459 e. The van der Waals surface area contributed by atoms with E-state index in [4.69, 9.17) is 0 Å². The Morgan fingerprint density at radius 1 is 0.545 bits per heavy atom. The first kappa shape index (κ1) is 30.8. The van der Waals surface area contributed by atoms with Gasteiger partial charge in [-0.25, -0.2) is 17.6 Å². The molecule has 0 amide bonds. The molecule has 0 fully saturated rings. The third kappa shape index (κ3) is 6.04. The van der Waals surface area contributed by atoms with Gasteiger partial charge in [-0.1, -0.05) is 0 Å². The zero-order valence-electron chi connectivity index (χ0n) is 15.0. The van der Waals surface area contributed by atoms with E-state index in [1.165, 1.54) is 0 Å². The Kier molecular flexibility index (Phi) is 8.96. The molecular formula is C13H8F16O4. The number of hydrogen-bond acceptors (Lipinski definition) is 4. The highest BCUT2D eigenvalue weighted by Crippen LogP contribution is 2.49. The van der Waals surface area contributed by atoms with Gasteiger partial charge in [0.1, 0.15) is 6.42 Å². The average molecular weight is 532 g/mol. The Bertz CT molecular complexity index is 647. The van der Waals surface area contributed by atoms with Gasteiger partial charge in [0, 0.05) is 0 Å². The molecule has 0 heterocycles. The van der Waals surface area contributed by atoms with Crippen molar-refractivity contribution in [3.05, 3.63) is 0 Å². The van der Waals surface area contributed by atoms with Crippen LogP contribution in [0.5, 0.6) is 0 Å². The molecule has 0 spiro atoms. The van der Waals surface area contributed by atoms with E-state index in [1.807, 2.05) is 0 Å². The molecule has 0 N–H and O–H groups in total. The summed E-state index contributed by atoms with van der Waals surface area (Å²) in [6.45, 7) is -6.16. The first-order valence-corrected chi connectivity index (χ1v) is 7.53. The molecule has 0 aromatic rings. The molecule has 0 radical (unpaired) electrons. The predicted octanol–water partition coefficient (Wildman–Crippen LogP) is 4.80. The molecule has 0 aliphatic rings. The van der Waals surface area contributed by atoms with Crippen LogP contribution in [0.2, 0.25) is 0 Å². The standard InChI is InChI=1S/C13H8F16O4/c14-6(15)10(22,23)12(26,27)8(18,19)2-32-4(30)1-5(31)33-3-9(20,21)13(28,29)11(24,25)7(16)17/h6-7H,1-3H2. The van der Waals surface area contributed by atoms with Crippen molar-refractivity contribution in [1.29, 1.82) is 0 Å². The second-order valence-corrected chi connectivity index (χ2v) is 5.90. The Balaban J connectivity index is 5.05. The number of rotatable bonds is 12. The minimum absolute atomic E-state index is 2.18. The van der Waals surface area contributed by atoms with Gasteiger partial charge in [-0.15, -0.1) is 0 Å². The summed E-state index contributed by atoms with van der Waals surface area (Å²) in [5.74, 6) is -44.2. The van der Waals surface area contributed by atoms with E-state index in [-0.39, 0.29) is 0 Å². The number of carbonyl (C=O) groups excluding carboxylic acids is 2. The normalized spacial score (nSPS) is 14.6. The molecule has 0 saturated heterocycles. The van der Waals surface area contributed by atoms with Crippen molar-refractivity contribution < 1.29 is 89.3 Å². The monoisotopic (exact) mass is 532 g/mol. The molecule has 20 heteroatoms. The molecule has 0 atom stereocenters. The highest BCUT2D eigenvalue weighted by molar-refractivity contribution is 5.91. The van der Waals surface area contributed by atoms with Crippen LogP contribution < -0.4 is 0 Å². The third-order valence-corrected chi connectivity index (χ3v) is 3.42. The molecular weight excluding hydrogens is 524 g/mol. The van der Waals surface area contributed by atoms with Crippen molar-refractivity contribution in [3.63, 3.8) is 0 Å². The Morgan fingerprint density at radius 2 is 0.788 bits per heavy atom. The topological polar surface area (TPSA) is 52.6 Å². The van der Waals surface area contributed by atoms with E-state index < -0.39 is 80.0 Å². The van der Waals surface area contributed by atoms with Gasteiger partial charge in [-0.05, 0) is 0 Å². The number of hydrogen-bond donors (Lipinski definition) is 0. The second kappa shape index (κ2) is 9.59. The summed E-state index contributed by atoms with van der Waals surface area (Å²) in [6.07, 6.45) is -12.8. The predicted molar refractivity (Wildman–Crippen MR) is 68.2 cm³/mol. The maximum Gasteiger partial charge on any atom is 0.381 e. The number of halogens is 16. The van der Waals surface area contributed by atoms with Gasteiger partial charge < -0.3 is 9.47 Å². The molecule has 0 aromatic carbocycles. The van der Waals surface area contributed by atoms with Gasteiger partial charge in [0.05, 0.1) is 0 Å². The summed E-state index contributed by atoms with van der Waals surface area (Å²) in [7, 11) is 0. The van der Waals surface area contributed by atoms with Gasteiger partial charge in [0.2, 0.25) is 0 Å². The molecule has 4 nitrogen and oxygen atoms in total. The van der Waals surface area contributed by atoms with Crippen molar-refractivity contribution >= 4 is 11.9 Å². The third-order valence-electron chi connectivity index (χ3n) is 3.42. The van der Waals surface area contributed by atoms with Crippen LogP contribution in [0.1, 0.15) is 6.42 Å². The van der Waals surface area contributed by atoms with E-state index in [9.17, 15) is 79.8 Å². The quantitative estimate of drug-likeness (QED) is 0.206. The lowest BCUT2D eigenvalue weighted by Gasteiger charge is -2.32. The van der Waals surface area contributed by atoms with E-state index in [2.05, 4.69) is 9.47 Å². The Labute approximate surface area is 170 Å². The van der Waals surface area contributed by atoms with Crippen LogP contribution in [0, 0.1) is 0 Å². The van der Waals surface area contributed by atoms with Crippen LogP contribution in [-0.4, -0.2) is 73.5 Å². The molecule has 0 bridgehead atoms. The van der Waals surface area contributed by atoms with Crippen LogP contribution in [0.3, 0.4) is 0 Å². The van der Waals surface area contributed by atoms with Gasteiger partial charge in [0.15, 0.2) is 13.2 Å². The number of ether oxygens (including phenoxy) is 2. The van der Waals surface area contributed by atoms with Gasteiger partial charge >= 0.3 is 60.3 Å². The highest BCUT2D eigenvalue weighted by Gasteiger charge is 2.76. The van der Waals surface area contributed by atoms with Crippen molar-refractivity contribution in [3.8, 4) is 0 Å². The lowest BCUT2D eigenvalue weighted by molar-refractivity contribution is -0.344. The average Bonchev–Trinajstić information content (AvgIpc) is 2.64. The molecule has 196 valence electrons. The summed E-state index contributed by atoms with van der Waals surface area (Å²) in [5.41, 5.74) is 0. The number of esters is 2. The van der Waals surface area contributed by atoms with Gasteiger partial charge in [-0.3, -0.25) is 9.59 Å². The van der Waals surface area contributed by atoms with E-state index >= 15 is 0 Å². The lowest BCUT2D eigenvalue weighted by atomic mass is 10.1.